The summed E-state index contributed by atoms with van der Waals surface area (Å²) in [6.45, 7) is 7.15. The maximum absolute atomic E-state index is 12.0. The summed E-state index contributed by atoms with van der Waals surface area (Å²) in [5.41, 5.74) is 0.563. The molecule has 1 aliphatic rings. The zero-order valence-electron chi connectivity index (χ0n) is 13.8. The van der Waals surface area contributed by atoms with Gasteiger partial charge in [0.2, 0.25) is 0 Å². The van der Waals surface area contributed by atoms with Crippen molar-refractivity contribution in [2.24, 2.45) is 0 Å². The van der Waals surface area contributed by atoms with E-state index in [-0.39, 0.29) is 11.6 Å². The smallest absolute Gasteiger partial charge is 0.408 e. The van der Waals surface area contributed by atoms with E-state index in [1.165, 1.54) is 5.56 Å². The Kier molecular flexibility index (Phi) is 6.14. The van der Waals surface area contributed by atoms with Crippen molar-refractivity contribution in [1.29, 1.82) is 0 Å². The molecule has 0 spiro atoms. The van der Waals surface area contributed by atoms with Crippen LogP contribution in [0, 0.1) is 0 Å². The van der Waals surface area contributed by atoms with Crippen molar-refractivity contribution in [2.45, 2.75) is 57.7 Å². The van der Waals surface area contributed by atoms with E-state index in [9.17, 15) is 4.79 Å². The third kappa shape index (κ3) is 5.76. The summed E-state index contributed by atoms with van der Waals surface area (Å²) < 4.78 is 7.46. The molecule has 23 heavy (non-hydrogen) atoms. The number of rotatable bonds is 5. The monoisotopic (exact) mass is 446 g/mol. The average Bonchev–Trinajstić information content (AvgIpc) is 2.37. The Bertz CT molecular complexity index is 566. The molecule has 0 heterocycles. The number of carbonyl (C=O) groups excluding carboxylic acids is 1. The lowest BCUT2D eigenvalue weighted by molar-refractivity contribution is 0.0382. The molecule has 0 aliphatic heterocycles. The van der Waals surface area contributed by atoms with Crippen LogP contribution in [0.1, 0.15) is 45.6 Å². The molecule has 128 valence electrons. The molecule has 0 saturated heterocycles. The maximum Gasteiger partial charge on any atom is 0.408 e. The van der Waals surface area contributed by atoms with Crippen LogP contribution in [-0.4, -0.2) is 23.8 Å². The first-order valence-corrected chi connectivity index (χ1v) is 9.44. The highest BCUT2D eigenvalue weighted by atomic mass is 79.9. The van der Waals surface area contributed by atoms with Crippen molar-refractivity contribution < 1.29 is 9.53 Å². The lowest BCUT2D eigenvalue weighted by atomic mass is 9.76. The number of nitrogens with one attached hydrogen (secondary N) is 2. The zero-order chi connectivity index (χ0) is 17.1. The van der Waals surface area contributed by atoms with Gasteiger partial charge in [0.25, 0.3) is 0 Å². The molecule has 0 unspecified atom stereocenters. The van der Waals surface area contributed by atoms with Crippen LogP contribution >= 0.6 is 31.9 Å². The Labute approximate surface area is 155 Å². The van der Waals surface area contributed by atoms with Gasteiger partial charge in [0.1, 0.15) is 5.60 Å². The van der Waals surface area contributed by atoms with Crippen LogP contribution in [0.3, 0.4) is 0 Å². The van der Waals surface area contributed by atoms with Gasteiger partial charge in [-0.1, -0.05) is 6.07 Å². The van der Waals surface area contributed by atoms with E-state index >= 15 is 0 Å². The number of amides is 1. The van der Waals surface area contributed by atoms with Crippen LogP contribution in [0.15, 0.2) is 27.1 Å². The van der Waals surface area contributed by atoms with Gasteiger partial charge in [0, 0.05) is 22.0 Å². The summed E-state index contributed by atoms with van der Waals surface area (Å²) in [6, 6.07) is 6.20. The van der Waals surface area contributed by atoms with E-state index in [1.54, 1.807) is 0 Å². The van der Waals surface area contributed by atoms with Crippen molar-refractivity contribution in [3.05, 3.63) is 32.7 Å². The molecule has 0 radical (unpaired) electrons. The fourth-order valence-electron chi connectivity index (χ4n) is 2.57. The summed E-state index contributed by atoms with van der Waals surface area (Å²) in [4.78, 5) is 12.0. The van der Waals surface area contributed by atoms with Crippen LogP contribution in [-0.2, 0) is 11.3 Å². The molecule has 0 aromatic heterocycles. The largest absolute Gasteiger partial charge is 0.444 e. The Morgan fingerprint density at radius 3 is 2.48 bits per heavy atom. The number of alkyl carbamates (subject to hydrolysis) is 1. The maximum atomic E-state index is 12.0. The molecule has 1 aliphatic carbocycles. The van der Waals surface area contributed by atoms with Crippen LogP contribution in [0.25, 0.3) is 0 Å². The highest BCUT2D eigenvalue weighted by molar-refractivity contribution is 9.13. The predicted molar refractivity (Wildman–Crippen MR) is 99.5 cm³/mol. The van der Waals surface area contributed by atoms with E-state index in [0.717, 1.165) is 41.3 Å². The number of benzene rings is 1. The van der Waals surface area contributed by atoms with Gasteiger partial charge in [-0.2, -0.15) is 0 Å². The Morgan fingerprint density at radius 1 is 1.26 bits per heavy atom. The first-order valence-electron chi connectivity index (χ1n) is 7.85. The van der Waals surface area contributed by atoms with E-state index in [1.807, 2.05) is 26.8 Å². The average molecular weight is 448 g/mol. The molecule has 1 aromatic rings. The van der Waals surface area contributed by atoms with Crippen LogP contribution < -0.4 is 10.6 Å². The number of ether oxygens (including phenoxy) is 1. The van der Waals surface area contributed by atoms with Crippen molar-refractivity contribution in [1.82, 2.24) is 10.6 Å². The van der Waals surface area contributed by atoms with Gasteiger partial charge in [-0.3, -0.25) is 0 Å². The first kappa shape index (κ1) is 18.7. The Morgan fingerprint density at radius 2 is 1.96 bits per heavy atom. The minimum Gasteiger partial charge on any atom is -0.444 e. The summed E-state index contributed by atoms with van der Waals surface area (Å²) in [5, 5.41) is 6.51. The molecule has 1 amide bonds. The van der Waals surface area contributed by atoms with Crippen molar-refractivity contribution >= 4 is 38.0 Å². The lowest BCUT2D eigenvalue weighted by Crippen LogP contribution is -2.59. The topological polar surface area (TPSA) is 50.4 Å². The summed E-state index contributed by atoms with van der Waals surface area (Å²) in [5.74, 6) is 0. The Hall–Kier alpha value is -0.590. The van der Waals surface area contributed by atoms with Crippen molar-refractivity contribution in [3.63, 3.8) is 0 Å². The second-order valence-corrected chi connectivity index (χ2v) is 8.82. The van der Waals surface area contributed by atoms with E-state index in [2.05, 4.69) is 54.6 Å². The third-order valence-electron chi connectivity index (χ3n) is 3.85. The minimum atomic E-state index is -0.466. The highest BCUT2D eigenvalue weighted by Crippen LogP contribution is 2.32. The molecule has 1 fully saturated rings. The van der Waals surface area contributed by atoms with Gasteiger partial charge in [0.05, 0.1) is 5.54 Å². The van der Waals surface area contributed by atoms with Gasteiger partial charge in [-0.25, -0.2) is 4.79 Å². The minimum absolute atomic E-state index is 0.172. The highest BCUT2D eigenvalue weighted by Gasteiger charge is 2.39. The number of carbonyl (C=O) groups is 1. The van der Waals surface area contributed by atoms with Crippen molar-refractivity contribution in [3.8, 4) is 0 Å². The Balaban J connectivity index is 1.84. The van der Waals surface area contributed by atoms with Crippen LogP contribution in [0.5, 0.6) is 0 Å². The number of hydrogen-bond donors (Lipinski definition) is 2. The molecule has 1 aromatic carbocycles. The van der Waals surface area contributed by atoms with Gasteiger partial charge >= 0.3 is 6.09 Å². The molecular weight excluding hydrogens is 424 g/mol. The molecule has 1 saturated carbocycles. The standard InChI is InChI=1S/C17H24Br2N2O2/c1-16(2,3)23-15(22)21-17(7-4-8-17)11-20-10-12-5-6-13(18)14(19)9-12/h5-6,9,20H,4,7-8,10-11H2,1-3H3,(H,21,22). The van der Waals surface area contributed by atoms with E-state index in [0.29, 0.717) is 0 Å². The van der Waals surface area contributed by atoms with Gasteiger partial charge in [0.15, 0.2) is 0 Å². The number of hydrogen-bond acceptors (Lipinski definition) is 3. The molecule has 2 N–H and O–H groups in total. The third-order valence-corrected chi connectivity index (χ3v) is 5.73. The molecule has 6 heteroatoms. The quantitative estimate of drug-likeness (QED) is 0.684. The van der Waals surface area contributed by atoms with Gasteiger partial charge < -0.3 is 15.4 Å². The van der Waals surface area contributed by atoms with Crippen LogP contribution in [0.2, 0.25) is 0 Å². The van der Waals surface area contributed by atoms with Gasteiger partial charge in [-0.05, 0) is 89.6 Å². The molecular formula is C17H24Br2N2O2. The van der Waals surface area contributed by atoms with Crippen LogP contribution in [0.4, 0.5) is 4.79 Å². The predicted octanol–water partition coefficient (Wildman–Crippen LogP) is 4.75. The van der Waals surface area contributed by atoms with E-state index in [4.69, 9.17) is 4.74 Å². The number of halogens is 2. The fourth-order valence-corrected chi connectivity index (χ4v) is 3.24. The molecule has 0 atom stereocenters. The summed E-state index contributed by atoms with van der Waals surface area (Å²) >= 11 is 6.99. The van der Waals surface area contributed by atoms with E-state index < -0.39 is 5.60 Å². The lowest BCUT2D eigenvalue weighted by Gasteiger charge is -2.42. The normalized spacial score (nSPS) is 16.6. The molecule has 4 nitrogen and oxygen atoms in total. The molecule has 0 bridgehead atoms. The summed E-state index contributed by atoms with van der Waals surface area (Å²) in [6.07, 6.45) is 2.79. The molecule has 2 rings (SSSR count). The van der Waals surface area contributed by atoms with Gasteiger partial charge in [-0.15, -0.1) is 0 Å². The zero-order valence-corrected chi connectivity index (χ0v) is 17.0. The van der Waals surface area contributed by atoms with Crippen molar-refractivity contribution in [2.75, 3.05) is 6.54 Å². The second kappa shape index (κ2) is 7.53. The second-order valence-electron chi connectivity index (χ2n) is 7.11. The first-order chi connectivity index (χ1) is 10.7. The SMILES string of the molecule is CC(C)(C)OC(=O)NC1(CNCc2ccc(Br)c(Br)c2)CCC1. The summed E-state index contributed by atoms with van der Waals surface area (Å²) in [7, 11) is 0. The fraction of sp³-hybridized carbons (Fsp3) is 0.588.